The van der Waals surface area contributed by atoms with Crippen LogP contribution in [0.3, 0.4) is 0 Å². The van der Waals surface area contributed by atoms with Gasteiger partial charge in [-0.1, -0.05) is 223 Å². The Balaban J connectivity index is 4.60. The molecule has 342 valence electrons. The highest BCUT2D eigenvalue weighted by Gasteiger charge is 2.24. The van der Waals surface area contributed by atoms with Gasteiger partial charge in [0.05, 0.1) is 25.2 Å². The lowest BCUT2D eigenvalue weighted by molar-refractivity contribution is -0.151. The molecule has 1 amide bonds. The first-order chi connectivity index (χ1) is 29.0. The second-order valence-corrected chi connectivity index (χ2v) is 16.9. The lowest BCUT2D eigenvalue weighted by Gasteiger charge is -2.24. The third-order valence-electron chi connectivity index (χ3n) is 11.2. The van der Waals surface area contributed by atoms with Crippen molar-refractivity contribution in [1.29, 1.82) is 0 Å². The van der Waals surface area contributed by atoms with Gasteiger partial charge in [-0.05, 0) is 64.2 Å². The quantitative estimate of drug-likeness (QED) is 0.0246. The van der Waals surface area contributed by atoms with E-state index in [1.54, 1.807) is 0 Å². The Kier molecular flexibility index (Phi) is 44.7. The molecule has 6 nitrogen and oxygen atoms in total. The smallest absolute Gasteiger partial charge is 0.306 e. The fourth-order valence-corrected chi connectivity index (χ4v) is 7.38. The predicted molar refractivity (Wildman–Crippen MR) is 255 cm³/mol. The molecule has 3 unspecified atom stereocenters. The Morgan fingerprint density at radius 1 is 0.508 bits per heavy atom. The number of hydrogen-bond acceptors (Lipinski definition) is 5. The monoisotopic (exact) mass is 826 g/mol. The van der Waals surface area contributed by atoms with Crippen LogP contribution in [0.4, 0.5) is 0 Å². The number of carbonyl (C=O) groups excluding carboxylic acids is 2. The summed E-state index contributed by atoms with van der Waals surface area (Å²) >= 11 is 0. The first-order valence-electron chi connectivity index (χ1n) is 25.1. The number of unbranched alkanes of at least 4 members (excludes halogenated alkanes) is 25. The summed E-state index contributed by atoms with van der Waals surface area (Å²) in [6.45, 7) is 6.32. The Labute approximate surface area is 365 Å². The molecule has 0 rings (SSSR count). The first-order valence-corrected chi connectivity index (χ1v) is 25.1. The van der Waals surface area contributed by atoms with Gasteiger partial charge in [-0.15, -0.1) is 0 Å². The summed E-state index contributed by atoms with van der Waals surface area (Å²) in [4.78, 5) is 26.1. The zero-order valence-corrected chi connectivity index (χ0v) is 38.9. The number of allylic oxidation sites excluding steroid dienone is 10. The van der Waals surface area contributed by atoms with Crippen molar-refractivity contribution in [3.8, 4) is 0 Å². The number of amides is 1. The molecule has 0 aromatic rings. The van der Waals surface area contributed by atoms with Crippen molar-refractivity contribution < 1.29 is 24.5 Å². The third-order valence-corrected chi connectivity index (χ3v) is 11.2. The van der Waals surface area contributed by atoms with Crippen molar-refractivity contribution in [3.63, 3.8) is 0 Å². The summed E-state index contributed by atoms with van der Waals surface area (Å²) in [7, 11) is 0. The van der Waals surface area contributed by atoms with E-state index in [9.17, 15) is 19.8 Å². The average molecular weight is 826 g/mol. The van der Waals surface area contributed by atoms with Crippen LogP contribution in [0, 0.1) is 0 Å². The number of rotatable bonds is 44. The minimum atomic E-state index is -0.799. The van der Waals surface area contributed by atoms with E-state index in [0.717, 1.165) is 83.5 Å². The molecule has 0 aromatic heterocycles. The maximum absolute atomic E-state index is 13.2. The Morgan fingerprint density at radius 3 is 1.47 bits per heavy atom. The van der Waals surface area contributed by atoms with Gasteiger partial charge in [0, 0.05) is 6.42 Å². The molecular formula is C53H95NO5. The summed E-state index contributed by atoms with van der Waals surface area (Å²) in [5.74, 6) is -0.530. The average Bonchev–Trinajstić information content (AvgIpc) is 3.23. The predicted octanol–water partition coefficient (Wildman–Crippen LogP) is 14.8. The van der Waals surface area contributed by atoms with Crippen LogP contribution < -0.4 is 5.32 Å². The highest BCUT2D eigenvalue weighted by molar-refractivity contribution is 5.77. The van der Waals surface area contributed by atoms with E-state index in [0.29, 0.717) is 19.3 Å². The number of ether oxygens (including phenoxy) is 1. The van der Waals surface area contributed by atoms with E-state index in [2.05, 4.69) is 68.6 Å². The molecule has 0 aliphatic heterocycles. The highest BCUT2D eigenvalue weighted by atomic mass is 16.5. The summed E-state index contributed by atoms with van der Waals surface area (Å²) < 4.78 is 5.89. The first kappa shape index (κ1) is 56.6. The van der Waals surface area contributed by atoms with Gasteiger partial charge < -0.3 is 20.3 Å². The molecule has 0 fully saturated rings. The van der Waals surface area contributed by atoms with Crippen LogP contribution in [0.15, 0.2) is 60.8 Å². The maximum atomic E-state index is 13.2. The number of aliphatic hydroxyl groups excluding tert-OH is 2. The largest absolute Gasteiger partial charge is 0.462 e. The van der Waals surface area contributed by atoms with Crippen molar-refractivity contribution in [3.05, 3.63) is 60.8 Å². The van der Waals surface area contributed by atoms with Crippen molar-refractivity contribution in [2.75, 3.05) is 6.61 Å². The van der Waals surface area contributed by atoms with E-state index in [-0.39, 0.29) is 24.9 Å². The minimum absolute atomic E-state index is 0.0458. The molecule has 0 saturated carbocycles. The second kappa shape index (κ2) is 46.6. The standard InChI is InChI=1S/C53H95NO5/c1-4-7-10-13-16-19-22-24-26-28-31-34-37-40-43-46-53(58)59-49(44-41-38-35-32-29-21-18-15-12-9-6-3)47-52(57)54-50(48-55)51(56)45-42-39-36-33-30-27-25-23-20-17-14-11-8-5-2/h7,10,13,16,19,22,24,26,32,35,49-51,55-56H,4-6,8-9,11-12,14-15,17-18,20-21,23,25,27-31,33-34,36-48H2,1-3H3,(H,54,57)/b10-7+,16-13+,22-19+,26-24-,35-32-. The molecular weight excluding hydrogens is 731 g/mol. The number of aliphatic hydroxyl groups is 2. The third kappa shape index (κ3) is 42.1. The summed E-state index contributed by atoms with van der Waals surface area (Å²) in [6.07, 6.45) is 57.1. The molecule has 0 radical (unpaired) electrons. The Morgan fingerprint density at radius 2 is 0.949 bits per heavy atom. The maximum Gasteiger partial charge on any atom is 0.306 e. The molecule has 6 heteroatoms. The lowest BCUT2D eigenvalue weighted by Crippen LogP contribution is -2.46. The van der Waals surface area contributed by atoms with Gasteiger partial charge in [0.25, 0.3) is 0 Å². The van der Waals surface area contributed by atoms with Crippen molar-refractivity contribution in [1.82, 2.24) is 5.32 Å². The van der Waals surface area contributed by atoms with E-state index < -0.39 is 18.2 Å². The van der Waals surface area contributed by atoms with Gasteiger partial charge in [0.15, 0.2) is 0 Å². The molecule has 0 aromatic carbocycles. The van der Waals surface area contributed by atoms with E-state index in [1.165, 1.54) is 109 Å². The lowest BCUT2D eigenvalue weighted by atomic mass is 10.0. The van der Waals surface area contributed by atoms with Crippen LogP contribution in [0.5, 0.6) is 0 Å². The van der Waals surface area contributed by atoms with Crippen LogP contribution in [0.25, 0.3) is 0 Å². The van der Waals surface area contributed by atoms with Gasteiger partial charge in [0.2, 0.25) is 5.91 Å². The number of carbonyl (C=O) groups is 2. The van der Waals surface area contributed by atoms with Gasteiger partial charge in [-0.3, -0.25) is 9.59 Å². The molecule has 59 heavy (non-hydrogen) atoms. The van der Waals surface area contributed by atoms with Crippen LogP contribution in [-0.2, 0) is 14.3 Å². The molecule has 3 atom stereocenters. The molecule has 0 saturated heterocycles. The van der Waals surface area contributed by atoms with E-state index in [4.69, 9.17) is 4.74 Å². The SMILES string of the molecule is CC/C=C/C=C/C=C/C=C\CCCCCCCC(=O)OC(CCC/C=C\CCCCCCCC)CC(=O)NC(CO)C(O)CCCCCCCCCCCCCCCC. The molecule has 0 spiro atoms. The zero-order chi connectivity index (χ0) is 43.1. The Hall–Kier alpha value is -2.44. The summed E-state index contributed by atoms with van der Waals surface area (Å²) in [5, 5.41) is 23.7. The number of esters is 1. The van der Waals surface area contributed by atoms with Gasteiger partial charge >= 0.3 is 5.97 Å². The zero-order valence-electron chi connectivity index (χ0n) is 38.9. The number of hydrogen-bond donors (Lipinski definition) is 3. The minimum Gasteiger partial charge on any atom is -0.462 e. The molecule has 0 aliphatic carbocycles. The van der Waals surface area contributed by atoms with Crippen LogP contribution in [-0.4, -0.2) is 46.9 Å². The molecule has 0 bridgehead atoms. The molecule has 3 N–H and O–H groups in total. The van der Waals surface area contributed by atoms with Crippen LogP contribution >= 0.6 is 0 Å². The van der Waals surface area contributed by atoms with Crippen molar-refractivity contribution >= 4 is 11.9 Å². The van der Waals surface area contributed by atoms with E-state index in [1.807, 2.05) is 18.2 Å². The van der Waals surface area contributed by atoms with Crippen LogP contribution in [0.2, 0.25) is 0 Å². The summed E-state index contributed by atoms with van der Waals surface area (Å²) in [5.41, 5.74) is 0. The van der Waals surface area contributed by atoms with E-state index >= 15 is 0 Å². The normalized spacial score (nSPS) is 13.8. The summed E-state index contributed by atoms with van der Waals surface area (Å²) in [6, 6.07) is -0.715. The topological polar surface area (TPSA) is 95.9 Å². The van der Waals surface area contributed by atoms with Crippen molar-refractivity contribution in [2.45, 2.75) is 257 Å². The molecule has 0 heterocycles. The van der Waals surface area contributed by atoms with Crippen molar-refractivity contribution in [2.24, 2.45) is 0 Å². The highest BCUT2D eigenvalue weighted by Crippen LogP contribution is 2.17. The van der Waals surface area contributed by atoms with Crippen LogP contribution in [0.1, 0.15) is 239 Å². The fourth-order valence-electron chi connectivity index (χ4n) is 7.38. The fraction of sp³-hybridized carbons (Fsp3) is 0.774. The van der Waals surface area contributed by atoms with Gasteiger partial charge in [-0.2, -0.15) is 0 Å². The van der Waals surface area contributed by atoms with Gasteiger partial charge in [-0.25, -0.2) is 0 Å². The second-order valence-electron chi connectivity index (χ2n) is 16.9. The number of nitrogens with one attached hydrogen (secondary N) is 1. The van der Waals surface area contributed by atoms with Gasteiger partial charge in [0.1, 0.15) is 6.10 Å². The molecule has 0 aliphatic rings. The Bertz CT molecular complexity index is 1060.